The highest BCUT2D eigenvalue weighted by Crippen LogP contribution is 2.40. The fourth-order valence-electron chi connectivity index (χ4n) is 2.99. The van der Waals surface area contributed by atoms with Crippen molar-refractivity contribution in [2.24, 2.45) is 5.92 Å². The van der Waals surface area contributed by atoms with E-state index in [4.69, 9.17) is 21.1 Å². The minimum Gasteiger partial charge on any atom is -0.454 e. The second kappa shape index (κ2) is 6.53. The van der Waals surface area contributed by atoms with E-state index < -0.39 is 0 Å². The monoisotopic (exact) mass is 371 g/mol. The molecule has 7 heteroatoms. The highest BCUT2D eigenvalue weighted by Gasteiger charge is 2.25. The second-order valence-corrected chi connectivity index (χ2v) is 6.93. The molecule has 4 rings (SSSR count). The molecule has 1 aliphatic rings. The van der Waals surface area contributed by atoms with Crippen LogP contribution in [0.1, 0.15) is 36.1 Å². The Morgan fingerprint density at radius 2 is 2.08 bits per heavy atom. The lowest BCUT2D eigenvalue weighted by atomic mass is 10.0. The summed E-state index contributed by atoms with van der Waals surface area (Å²) in [4.78, 5) is 20.7. The van der Waals surface area contributed by atoms with Crippen molar-refractivity contribution in [3.8, 4) is 11.5 Å². The topological polar surface area (TPSA) is 76.2 Å². The number of nitrogens with zero attached hydrogens (tertiary/aromatic N) is 1. The fraction of sp³-hybridized carbons (Fsp3) is 0.263. The van der Waals surface area contributed by atoms with Crippen LogP contribution in [0.15, 0.2) is 36.4 Å². The molecule has 0 fully saturated rings. The van der Waals surface area contributed by atoms with E-state index in [2.05, 4.69) is 15.3 Å². The number of fused-ring (bicyclic) bond motifs is 2. The van der Waals surface area contributed by atoms with Gasteiger partial charge in [-0.15, -0.1) is 0 Å². The number of carbonyl (C=O) groups is 1. The molecular weight excluding hydrogens is 354 g/mol. The molecule has 1 amide bonds. The number of benzene rings is 2. The van der Waals surface area contributed by atoms with Gasteiger partial charge in [0, 0.05) is 5.56 Å². The Bertz CT molecular complexity index is 950. The summed E-state index contributed by atoms with van der Waals surface area (Å²) in [7, 11) is 0. The van der Waals surface area contributed by atoms with Crippen molar-refractivity contribution in [1.82, 2.24) is 15.3 Å². The molecule has 2 N–H and O–H groups in total. The number of ether oxygens (including phenoxy) is 2. The minimum absolute atomic E-state index is 0.105. The summed E-state index contributed by atoms with van der Waals surface area (Å²) >= 11 is 6.18. The molecule has 0 unspecified atom stereocenters. The van der Waals surface area contributed by atoms with Gasteiger partial charge in [-0.1, -0.05) is 37.6 Å². The van der Waals surface area contributed by atoms with E-state index in [1.54, 1.807) is 12.1 Å². The number of para-hydroxylation sites is 2. The van der Waals surface area contributed by atoms with Gasteiger partial charge in [0.05, 0.1) is 22.1 Å². The number of hydrogen-bond donors (Lipinski definition) is 2. The third kappa shape index (κ3) is 2.97. The summed E-state index contributed by atoms with van der Waals surface area (Å²) < 4.78 is 10.6. The van der Waals surface area contributed by atoms with Gasteiger partial charge >= 0.3 is 0 Å². The van der Waals surface area contributed by atoms with Crippen LogP contribution in [-0.2, 0) is 0 Å². The summed E-state index contributed by atoms with van der Waals surface area (Å²) in [5.74, 6) is 1.57. The Balaban J connectivity index is 1.62. The van der Waals surface area contributed by atoms with Gasteiger partial charge in [-0.2, -0.15) is 0 Å². The number of amides is 1. The zero-order valence-electron chi connectivity index (χ0n) is 14.4. The average molecular weight is 372 g/mol. The van der Waals surface area contributed by atoms with E-state index in [1.807, 2.05) is 38.1 Å². The standard InChI is InChI=1S/C19H18ClN3O3/c1-10(2)16(18-21-13-5-3-4-6-14(13)22-18)23-19(24)11-7-12(20)17-15(8-11)25-9-26-17/h3-8,10,16H,9H2,1-2H3,(H,21,22)(H,23,24)/t16-/m0/s1. The summed E-state index contributed by atoms with van der Waals surface area (Å²) in [5.41, 5.74) is 2.23. The SMILES string of the molecule is CC(C)[C@H](NC(=O)c1cc(Cl)c2c(c1)OCO2)c1nc2ccccc2[nH]1. The Labute approximate surface area is 155 Å². The molecule has 1 aromatic heterocycles. The molecule has 2 heterocycles. The molecule has 3 aromatic rings. The third-order valence-electron chi connectivity index (χ3n) is 4.34. The molecule has 0 bridgehead atoms. The molecular formula is C19H18ClN3O3. The molecule has 26 heavy (non-hydrogen) atoms. The number of H-pyrrole nitrogens is 1. The number of imidazole rings is 1. The molecule has 0 radical (unpaired) electrons. The number of rotatable bonds is 4. The van der Waals surface area contributed by atoms with E-state index >= 15 is 0 Å². The molecule has 0 spiro atoms. The summed E-state index contributed by atoms with van der Waals surface area (Å²) in [6, 6.07) is 10.7. The van der Waals surface area contributed by atoms with Crippen LogP contribution in [0.25, 0.3) is 11.0 Å². The maximum Gasteiger partial charge on any atom is 0.252 e. The zero-order valence-corrected chi connectivity index (χ0v) is 15.1. The number of carbonyl (C=O) groups excluding carboxylic acids is 1. The van der Waals surface area contributed by atoms with Crippen LogP contribution in [0.5, 0.6) is 11.5 Å². The Morgan fingerprint density at radius 1 is 1.27 bits per heavy atom. The van der Waals surface area contributed by atoms with Crippen molar-refractivity contribution in [1.29, 1.82) is 0 Å². The molecule has 2 aromatic carbocycles. The van der Waals surface area contributed by atoms with Crippen LogP contribution < -0.4 is 14.8 Å². The van der Waals surface area contributed by atoms with E-state index in [0.717, 1.165) is 16.9 Å². The van der Waals surface area contributed by atoms with E-state index in [-0.39, 0.29) is 24.7 Å². The number of aromatic amines is 1. The largest absolute Gasteiger partial charge is 0.454 e. The van der Waals surface area contributed by atoms with E-state index in [1.165, 1.54) is 0 Å². The van der Waals surface area contributed by atoms with Gasteiger partial charge in [0.25, 0.3) is 5.91 Å². The molecule has 0 saturated carbocycles. The summed E-state index contributed by atoms with van der Waals surface area (Å²) in [6.45, 7) is 4.17. The van der Waals surface area contributed by atoms with Gasteiger partial charge in [0.1, 0.15) is 5.82 Å². The van der Waals surface area contributed by atoms with Crippen molar-refractivity contribution in [2.45, 2.75) is 19.9 Å². The third-order valence-corrected chi connectivity index (χ3v) is 4.63. The minimum atomic E-state index is -0.265. The van der Waals surface area contributed by atoms with Crippen molar-refractivity contribution < 1.29 is 14.3 Å². The number of halogens is 1. The molecule has 1 aliphatic heterocycles. The first kappa shape index (κ1) is 16.7. The van der Waals surface area contributed by atoms with Gasteiger partial charge < -0.3 is 19.8 Å². The number of nitrogens with one attached hydrogen (secondary N) is 2. The van der Waals surface area contributed by atoms with Crippen molar-refractivity contribution in [2.75, 3.05) is 6.79 Å². The predicted molar refractivity (Wildman–Crippen MR) is 98.7 cm³/mol. The molecule has 0 aliphatic carbocycles. The van der Waals surface area contributed by atoms with E-state index in [9.17, 15) is 4.79 Å². The van der Waals surface area contributed by atoms with Crippen LogP contribution in [-0.4, -0.2) is 22.7 Å². The molecule has 134 valence electrons. The highest BCUT2D eigenvalue weighted by molar-refractivity contribution is 6.32. The number of hydrogen-bond acceptors (Lipinski definition) is 4. The van der Waals surface area contributed by atoms with Gasteiger partial charge in [-0.25, -0.2) is 4.98 Å². The Kier molecular flexibility index (Phi) is 4.20. The summed E-state index contributed by atoms with van der Waals surface area (Å²) in [5, 5.41) is 3.40. The highest BCUT2D eigenvalue weighted by atomic mass is 35.5. The lowest BCUT2D eigenvalue weighted by Crippen LogP contribution is -2.32. The molecule has 1 atom stereocenters. The van der Waals surface area contributed by atoms with Crippen LogP contribution in [0.3, 0.4) is 0 Å². The first-order valence-electron chi connectivity index (χ1n) is 8.37. The lowest BCUT2D eigenvalue weighted by Gasteiger charge is -2.20. The lowest BCUT2D eigenvalue weighted by molar-refractivity contribution is 0.0923. The van der Waals surface area contributed by atoms with Crippen LogP contribution in [0, 0.1) is 5.92 Å². The first-order chi connectivity index (χ1) is 12.5. The smallest absolute Gasteiger partial charge is 0.252 e. The second-order valence-electron chi connectivity index (χ2n) is 6.53. The van der Waals surface area contributed by atoms with Crippen LogP contribution >= 0.6 is 11.6 Å². The van der Waals surface area contributed by atoms with Gasteiger partial charge in [0.15, 0.2) is 11.5 Å². The van der Waals surface area contributed by atoms with Crippen molar-refractivity contribution in [3.63, 3.8) is 0 Å². The van der Waals surface area contributed by atoms with Crippen LogP contribution in [0.2, 0.25) is 5.02 Å². The average Bonchev–Trinajstić information content (AvgIpc) is 3.25. The maximum atomic E-state index is 12.8. The van der Waals surface area contributed by atoms with E-state index in [0.29, 0.717) is 22.1 Å². The number of aromatic nitrogens is 2. The van der Waals surface area contributed by atoms with Gasteiger partial charge in [0.2, 0.25) is 6.79 Å². The van der Waals surface area contributed by atoms with Crippen LogP contribution in [0.4, 0.5) is 0 Å². The first-order valence-corrected chi connectivity index (χ1v) is 8.75. The predicted octanol–water partition coefficient (Wildman–Crippen LogP) is 4.07. The van der Waals surface area contributed by atoms with Gasteiger partial charge in [-0.3, -0.25) is 4.79 Å². The molecule has 6 nitrogen and oxygen atoms in total. The zero-order chi connectivity index (χ0) is 18.3. The van der Waals surface area contributed by atoms with Crippen molar-refractivity contribution in [3.05, 3.63) is 52.8 Å². The Morgan fingerprint density at radius 3 is 2.85 bits per heavy atom. The van der Waals surface area contributed by atoms with Crippen molar-refractivity contribution >= 4 is 28.5 Å². The maximum absolute atomic E-state index is 12.8. The summed E-state index contributed by atoms with van der Waals surface area (Å²) in [6.07, 6.45) is 0. The van der Waals surface area contributed by atoms with Gasteiger partial charge in [-0.05, 0) is 30.2 Å². The molecule has 0 saturated heterocycles. The normalized spacial score (nSPS) is 14.0. The Hall–Kier alpha value is -2.73. The quantitative estimate of drug-likeness (QED) is 0.724. The fourth-order valence-corrected chi connectivity index (χ4v) is 3.26.